The topological polar surface area (TPSA) is 83.5 Å². The first kappa shape index (κ1) is 19.1. The Hall–Kier alpha value is -2.18. The molecule has 0 radical (unpaired) electrons. The SMILES string of the molecule is CCCCCCc1ccc(C(=O)Nc2cccc(S(=O)(=O)O)c2)cc1. The van der Waals surface area contributed by atoms with E-state index in [9.17, 15) is 13.2 Å². The Morgan fingerprint density at radius 3 is 2.40 bits per heavy atom. The fraction of sp³-hybridized carbons (Fsp3) is 0.316. The molecule has 0 spiro atoms. The van der Waals surface area contributed by atoms with E-state index in [0.29, 0.717) is 11.3 Å². The van der Waals surface area contributed by atoms with Gasteiger partial charge in [-0.05, 0) is 48.7 Å². The van der Waals surface area contributed by atoms with Crippen molar-refractivity contribution in [2.75, 3.05) is 5.32 Å². The zero-order chi connectivity index (χ0) is 18.3. The first-order valence-corrected chi connectivity index (χ1v) is 9.82. The summed E-state index contributed by atoms with van der Waals surface area (Å²) in [7, 11) is -4.30. The van der Waals surface area contributed by atoms with Crippen molar-refractivity contribution < 1.29 is 17.8 Å². The number of aryl methyl sites for hydroxylation is 1. The molecule has 0 fully saturated rings. The Bertz CT molecular complexity index is 814. The summed E-state index contributed by atoms with van der Waals surface area (Å²) in [6, 6.07) is 12.9. The van der Waals surface area contributed by atoms with Gasteiger partial charge in [-0.1, -0.05) is 44.4 Å². The van der Waals surface area contributed by atoms with Gasteiger partial charge in [-0.3, -0.25) is 9.35 Å². The molecule has 0 saturated heterocycles. The molecule has 0 saturated carbocycles. The van der Waals surface area contributed by atoms with Crippen molar-refractivity contribution in [2.24, 2.45) is 0 Å². The van der Waals surface area contributed by atoms with Gasteiger partial charge in [0, 0.05) is 11.3 Å². The van der Waals surface area contributed by atoms with E-state index in [0.717, 1.165) is 12.8 Å². The van der Waals surface area contributed by atoms with Crippen molar-refractivity contribution in [1.29, 1.82) is 0 Å². The maximum atomic E-state index is 12.3. The molecule has 6 heteroatoms. The molecule has 0 aromatic heterocycles. The maximum absolute atomic E-state index is 12.3. The Morgan fingerprint density at radius 2 is 1.76 bits per heavy atom. The van der Waals surface area contributed by atoms with E-state index in [1.807, 2.05) is 12.1 Å². The van der Waals surface area contributed by atoms with E-state index < -0.39 is 10.1 Å². The van der Waals surface area contributed by atoms with Gasteiger partial charge in [0.15, 0.2) is 0 Å². The number of carbonyl (C=O) groups is 1. The molecule has 2 N–H and O–H groups in total. The fourth-order valence-corrected chi connectivity index (χ4v) is 3.04. The second-order valence-electron chi connectivity index (χ2n) is 5.96. The van der Waals surface area contributed by atoms with E-state index >= 15 is 0 Å². The summed E-state index contributed by atoms with van der Waals surface area (Å²) in [5, 5.41) is 2.64. The van der Waals surface area contributed by atoms with Crippen LogP contribution in [0.4, 0.5) is 5.69 Å². The summed E-state index contributed by atoms with van der Waals surface area (Å²) in [4.78, 5) is 12.0. The highest BCUT2D eigenvalue weighted by atomic mass is 32.2. The number of rotatable bonds is 8. The van der Waals surface area contributed by atoms with E-state index in [2.05, 4.69) is 12.2 Å². The molecule has 5 nitrogen and oxygen atoms in total. The van der Waals surface area contributed by atoms with Crippen LogP contribution in [0.15, 0.2) is 53.4 Å². The third kappa shape index (κ3) is 5.99. The average molecular weight is 361 g/mol. The summed E-state index contributed by atoms with van der Waals surface area (Å²) in [5.41, 5.74) is 2.00. The highest BCUT2D eigenvalue weighted by Gasteiger charge is 2.11. The van der Waals surface area contributed by atoms with Crippen molar-refractivity contribution in [3.8, 4) is 0 Å². The molecular formula is C19H23NO4S. The quantitative estimate of drug-likeness (QED) is 0.542. The van der Waals surface area contributed by atoms with Crippen LogP contribution in [-0.4, -0.2) is 18.9 Å². The Kier molecular flexibility index (Phi) is 6.73. The molecule has 2 aromatic rings. The van der Waals surface area contributed by atoms with E-state index in [1.165, 1.54) is 43.0 Å². The fourth-order valence-electron chi connectivity index (χ4n) is 2.52. The number of unbranched alkanes of at least 4 members (excludes halogenated alkanes) is 3. The minimum Gasteiger partial charge on any atom is -0.322 e. The number of hydrogen-bond donors (Lipinski definition) is 2. The van der Waals surface area contributed by atoms with Gasteiger partial charge in [-0.25, -0.2) is 0 Å². The predicted molar refractivity (Wildman–Crippen MR) is 98.5 cm³/mol. The smallest absolute Gasteiger partial charge is 0.294 e. The second-order valence-corrected chi connectivity index (χ2v) is 7.39. The minimum absolute atomic E-state index is 0.257. The van der Waals surface area contributed by atoms with Crippen LogP contribution in [0.25, 0.3) is 0 Å². The van der Waals surface area contributed by atoms with Gasteiger partial charge in [0.05, 0.1) is 4.90 Å². The molecule has 0 aliphatic heterocycles. The largest absolute Gasteiger partial charge is 0.322 e. The molecule has 0 aliphatic rings. The Labute approximate surface area is 148 Å². The van der Waals surface area contributed by atoms with Crippen LogP contribution in [0.3, 0.4) is 0 Å². The lowest BCUT2D eigenvalue weighted by Crippen LogP contribution is -2.12. The number of carbonyl (C=O) groups excluding carboxylic acids is 1. The highest BCUT2D eigenvalue weighted by molar-refractivity contribution is 7.85. The summed E-state index contributed by atoms with van der Waals surface area (Å²) in [5.74, 6) is -0.329. The lowest BCUT2D eigenvalue weighted by atomic mass is 10.0. The zero-order valence-corrected chi connectivity index (χ0v) is 15.1. The van der Waals surface area contributed by atoms with Crippen molar-refractivity contribution in [3.63, 3.8) is 0 Å². The van der Waals surface area contributed by atoms with Gasteiger partial charge >= 0.3 is 0 Å². The Balaban J connectivity index is 1.99. The number of benzene rings is 2. The van der Waals surface area contributed by atoms with Gasteiger partial charge in [0.25, 0.3) is 16.0 Å². The Morgan fingerprint density at radius 1 is 1.04 bits per heavy atom. The normalized spacial score (nSPS) is 11.3. The van der Waals surface area contributed by atoms with Crippen LogP contribution in [-0.2, 0) is 16.5 Å². The van der Waals surface area contributed by atoms with Crippen LogP contribution in [0.5, 0.6) is 0 Å². The number of hydrogen-bond acceptors (Lipinski definition) is 3. The van der Waals surface area contributed by atoms with Crippen LogP contribution in [0.2, 0.25) is 0 Å². The minimum atomic E-state index is -4.30. The van der Waals surface area contributed by atoms with Gasteiger partial charge in [0.1, 0.15) is 0 Å². The summed E-state index contributed by atoms with van der Waals surface area (Å²) >= 11 is 0. The average Bonchev–Trinajstić information content (AvgIpc) is 2.59. The second kappa shape index (κ2) is 8.78. The molecule has 0 bridgehead atoms. The van der Waals surface area contributed by atoms with Gasteiger partial charge in [0.2, 0.25) is 0 Å². The first-order chi connectivity index (χ1) is 11.9. The first-order valence-electron chi connectivity index (χ1n) is 8.38. The molecule has 2 aromatic carbocycles. The van der Waals surface area contributed by atoms with Crippen molar-refractivity contribution in [1.82, 2.24) is 0 Å². The highest BCUT2D eigenvalue weighted by Crippen LogP contribution is 2.16. The van der Waals surface area contributed by atoms with Crippen LogP contribution < -0.4 is 5.32 Å². The molecular weight excluding hydrogens is 338 g/mol. The maximum Gasteiger partial charge on any atom is 0.294 e. The van der Waals surface area contributed by atoms with Gasteiger partial charge in [-0.15, -0.1) is 0 Å². The summed E-state index contributed by atoms with van der Waals surface area (Å²) < 4.78 is 31.4. The molecule has 0 unspecified atom stereocenters. The molecule has 25 heavy (non-hydrogen) atoms. The van der Waals surface area contributed by atoms with Crippen LogP contribution in [0.1, 0.15) is 48.5 Å². The van der Waals surface area contributed by atoms with E-state index in [-0.39, 0.29) is 10.8 Å². The van der Waals surface area contributed by atoms with Gasteiger partial charge < -0.3 is 5.32 Å². The number of amides is 1. The third-order valence-corrected chi connectivity index (χ3v) is 4.77. The molecule has 0 aliphatic carbocycles. The standard InChI is InChI=1S/C19H23NO4S/c1-2-3-4-5-7-15-10-12-16(13-11-15)19(21)20-17-8-6-9-18(14-17)25(22,23)24/h6,8-14H,2-5,7H2,1H3,(H,20,21)(H,22,23,24). The summed E-state index contributed by atoms with van der Waals surface area (Å²) in [6.07, 6.45) is 5.80. The number of anilines is 1. The molecule has 2 rings (SSSR count). The van der Waals surface area contributed by atoms with E-state index in [4.69, 9.17) is 4.55 Å². The van der Waals surface area contributed by atoms with Crippen LogP contribution >= 0.6 is 0 Å². The molecule has 1 amide bonds. The lowest BCUT2D eigenvalue weighted by Gasteiger charge is -2.07. The monoisotopic (exact) mass is 361 g/mol. The predicted octanol–water partition coefficient (Wildman–Crippen LogP) is 4.31. The lowest BCUT2D eigenvalue weighted by molar-refractivity contribution is 0.102. The van der Waals surface area contributed by atoms with E-state index in [1.54, 1.807) is 18.2 Å². The number of nitrogens with one attached hydrogen (secondary N) is 1. The third-order valence-electron chi connectivity index (χ3n) is 3.92. The molecule has 0 atom stereocenters. The zero-order valence-electron chi connectivity index (χ0n) is 14.2. The molecule has 0 heterocycles. The molecule has 134 valence electrons. The van der Waals surface area contributed by atoms with Crippen LogP contribution in [0, 0.1) is 0 Å². The van der Waals surface area contributed by atoms with Crippen molar-refractivity contribution in [2.45, 2.75) is 43.9 Å². The van der Waals surface area contributed by atoms with Crippen molar-refractivity contribution in [3.05, 3.63) is 59.7 Å². The summed E-state index contributed by atoms with van der Waals surface area (Å²) in [6.45, 7) is 2.18. The van der Waals surface area contributed by atoms with Crippen molar-refractivity contribution >= 4 is 21.7 Å². The van der Waals surface area contributed by atoms with Gasteiger partial charge in [-0.2, -0.15) is 8.42 Å².